The molecule has 0 spiro atoms. The number of esters is 1. The molecule has 9 nitrogen and oxygen atoms in total. The Kier molecular flexibility index (Phi) is 9.85. The molecule has 1 heterocycles. The monoisotopic (exact) mass is 552 g/mol. The fraction of sp³-hybridized carbons (Fsp3) is 0.345. The van der Waals surface area contributed by atoms with E-state index in [0.29, 0.717) is 0 Å². The molecule has 39 heavy (non-hydrogen) atoms. The number of nitrogens with one attached hydrogen (secondary N) is 2. The van der Waals surface area contributed by atoms with Gasteiger partial charge in [0.25, 0.3) is 14.2 Å². The lowest BCUT2D eigenvalue weighted by atomic mass is 10.1. The van der Waals surface area contributed by atoms with E-state index < -0.39 is 44.3 Å². The second-order valence-corrected chi connectivity index (χ2v) is 14.5. The SMILES string of the molecule is COC(=O)[C@@H](CO[Si](c1ccccc1)(c1ccccc1)C(C)(C)C)NC(=O)[C@@H](NC(=O)c1ccco1)[C@@H](C)O. The van der Waals surface area contributed by atoms with Gasteiger partial charge in [-0.05, 0) is 34.5 Å². The lowest BCUT2D eigenvalue weighted by Crippen LogP contribution is -2.68. The van der Waals surface area contributed by atoms with Crippen molar-refractivity contribution in [3.8, 4) is 0 Å². The Morgan fingerprint density at radius 2 is 1.49 bits per heavy atom. The normalized spacial score (nSPS) is 14.1. The molecule has 10 heteroatoms. The maximum Gasteiger partial charge on any atom is 0.330 e. The number of carbonyl (C=O) groups excluding carboxylic acids is 3. The van der Waals surface area contributed by atoms with Crippen molar-refractivity contribution >= 4 is 36.5 Å². The Morgan fingerprint density at radius 3 is 1.92 bits per heavy atom. The Hall–Kier alpha value is -3.73. The van der Waals surface area contributed by atoms with E-state index in [-0.39, 0.29) is 17.4 Å². The molecule has 3 N–H and O–H groups in total. The number of furan rings is 1. The number of hydrogen-bond donors (Lipinski definition) is 3. The van der Waals surface area contributed by atoms with E-state index >= 15 is 0 Å². The van der Waals surface area contributed by atoms with Crippen LogP contribution < -0.4 is 21.0 Å². The van der Waals surface area contributed by atoms with Crippen molar-refractivity contribution in [2.75, 3.05) is 13.7 Å². The number of aliphatic hydroxyl groups excluding tert-OH is 1. The molecule has 3 aromatic rings. The molecule has 3 rings (SSSR count). The highest BCUT2D eigenvalue weighted by atomic mass is 28.4. The van der Waals surface area contributed by atoms with Gasteiger partial charge in [-0.1, -0.05) is 81.4 Å². The molecule has 1 aromatic heterocycles. The predicted molar refractivity (Wildman–Crippen MR) is 149 cm³/mol. The van der Waals surface area contributed by atoms with Gasteiger partial charge >= 0.3 is 5.97 Å². The fourth-order valence-electron chi connectivity index (χ4n) is 4.57. The minimum atomic E-state index is -3.02. The minimum absolute atomic E-state index is 0.0204. The van der Waals surface area contributed by atoms with E-state index in [9.17, 15) is 19.5 Å². The quantitative estimate of drug-likeness (QED) is 0.245. The van der Waals surface area contributed by atoms with Gasteiger partial charge in [0.05, 0.1) is 26.1 Å². The zero-order chi connectivity index (χ0) is 28.6. The predicted octanol–water partition coefficient (Wildman–Crippen LogP) is 1.99. The van der Waals surface area contributed by atoms with Gasteiger partial charge < -0.3 is 29.3 Å². The van der Waals surface area contributed by atoms with Crippen molar-refractivity contribution in [3.05, 3.63) is 84.8 Å². The molecule has 0 unspecified atom stereocenters. The van der Waals surface area contributed by atoms with Crippen molar-refractivity contribution in [2.24, 2.45) is 0 Å². The number of ether oxygens (including phenoxy) is 1. The molecule has 2 amide bonds. The number of methoxy groups -OCH3 is 1. The van der Waals surface area contributed by atoms with Gasteiger partial charge in [0.1, 0.15) is 12.1 Å². The second kappa shape index (κ2) is 12.9. The maximum absolute atomic E-state index is 13.2. The van der Waals surface area contributed by atoms with Crippen molar-refractivity contribution in [2.45, 2.75) is 50.9 Å². The number of aliphatic hydroxyl groups is 1. The first-order valence-electron chi connectivity index (χ1n) is 12.7. The van der Waals surface area contributed by atoms with Crippen LogP contribution in [0, 0.1) is 0 Å². The van der Waals surface area contributed by atoms with E-state index in [0.717, 1.165) is 10.4 Å². The Morgan fingerprint density at radius 1 is 0.923 bits per heavy atom. The third kappa shape index (κ3) is 6.83. The summed E-state index contributed by atoms with van der Waals surface area (Å²) in [6, 6.07) is 20.1. The van der Waals surface area contributed by atoms with E-state index in [4.69, 9.17) is 13.6 Å². The summed E-state index contributed by atoms with van der Waals surface area (Å²) in [5, 5.41) is 17.0. The first kappa shape index (κ1) is 29.8. The van der Waals surface area contributed by atoms with E-state index in [1.165, 1.54) is 32.4 Å². The number of benzene rings is 2. The molecule has 3 atom stereocenters. The summed E-state index contributed by atoms with van der Waals surface area (Å²) in [4.78, 5) is 38.5. The van der Waals surface area contributed by atoms with E-state index in [2.05, 4.69) is 31.4 Å². The third-order valence-electron chi connectivity index (χ3n) is 6.48. The average Bonchev–Trinajstić information content (AvgIpc) is 3.46. The minimum Gasteiger partial charge on any atom is -0.467 e. The summed E-state index contributed by atoms with van der Waals surface area (Å²) in [5.41, 5.74) is 0. The molecule has 0 bridgehead atoms. The van der Waals surface area contributed by atoms with Gasteiger partial charge in [-0.3, -0.25) is 9.59 Å². The molecule has 0 aliphatic rings. The van der Waals surface area contributed by atoms with Gasteiger partial charge in [0.15, 0.2) is 5.76 Å². The molecular weight excluding hydrogens is 516 g/mol. The summed E-state index contributed by atoms with van der Waals surface area (Å²) in [6.45, 7) is 7.46. The Labute approximate surface area is 229 Å². The van der Waals surface area contributed by atoms with Gasteiger partial charge in [-0.2, -0.15) is 0 Å². The van der Waals surface area contributed by atoms with Crippen LogP contribution in [0.1, 0.15) is 38.2 Å². The molecule has 208 valence electrons. The highest BCUT2D eigenvalue weighted by Crippen LogP contribution is 2.36. The molecule has 0 radical (unpaired) electrons. The Bertz CT molecular complexity index is 1190. The molecule has 2 aromatic carbocycles. The molecule has 0 aliphatic heterocycles. The highest BCUT2D eigenvalue weighted by Gasteiger charge is 2.50. The topological polar surface area (TPSA) is 127 Å². The molecular formula is C29H36N2O7Si. The van der Waals surface area contributed by atoms with Crippen LogP contribution in [0.5, 0.6) is 0 Å². The lowest BCUT2D eigenvalue weighted by molar-refractivity contribution is -0.146. The van der Waals surface area contributed by atoms with Gasteiger partial charge in [0, 0.05) is 0 Å². The van der Waals surface area contributed by atoms with Crippen molar-refractivity contribution in [1.29, 1.82) is 0 Å². The first-order chi connectivity index (χ1) is 18.5. The summed E-state index contributed by atoms with van der Waals surface area (Å²) < 4.78 is 16.8. The summed E-state index contributed by atoms with van der Waals surface area (Å²) in [6.07, 6.45) is 0.0572. The summed E-state index contributed by atoms with van der Waals surface area (Å²) in [7, 11) is -1.81. The molecule has 0 fully saturated rings. The van der Waals surface area contributed by atoms with Crippen LogP contribution in [0.4, 0.5) is 0 Å². The highest BCUT2D eigenvalue weighted by molar-refractivity contribution is 6.99. The zero-order valence-electron chi connectivity index (χ0n) is 22.8. The van der Waals surface area contributed by atoms with Crippen LogP contribution in [-0.2, 0) is 18.8 Å². The molecule has 0 saturated carbocycles. The fourth-order valence-corrected chi connectivity index (χ4v) is 9.14. The average molecular weight is 553 g/mol. The van der Waals surface area contributed by atoms with E-state index in [1.807, 2.05) is 60.7 Å². The Balaban J connectivity index is 1.92. The number of carbonyl (C=O) groups is 3. The van der Waals surface area contributed by atoms with Crippen molar-refractivity contribution in [3.63, 3.8) is 0 Å². The van der Waals surface area contributed by atoms with Crippen molar-refractivity contribution in [1.82, 2.24) is 10.6 Å². The van der Waals surface area contributed by atoms with Crippen LogP contribution in [0.25, 0.3) is 0 Å². The molecule has 0 aliphatic carbocycles. The molecule has 0 saturated heterocycles. The zero-order valence-corrected chi connectivity index (χ0v) is 23.8. The first-order valence-corrected chi connectivity index (χ1v) is 14.6. The van der Waals surface area contributed by atoms with Crippen molar-refractivity contribution < 1.29 is 33.1 Å². The van der Waals surface area contributed by atoms with Gasteiger partial charge in [0.2, 0.25) is 5.91 Å². The summed E-state index contributed by atoms with van der Waals surface area (Å²) in [5.74, 6) is -2.19. The van der Waals surface area contributed by atoms with Gasteiger partial charge in [-0.15, -0.1) is 0 Å². The number of hydrogen-bond acceptors (Lipinski definition) is 7. The van der Waals surface area contributed by atoms with Crippen LogP contribution >= 0.6 is 0 Å². The standard InChI is InChI=1S/C29H36N2O7Si/c1-20(32)25(31-26(33)24-17-12-18-37-24)27(34)30-23(28(35)36-5)19-38-39(29(2,3)4,21-13-8-6-9-14-21)22-15-10-7-11-16-22/h6-18,20,23,25,32H,19H2,1-5H3,(H,30,34)(H,31,33)/t20-,23-,25+/m1/s1. The van der Waals surface area contributed by atoms with Crippen LogP contribution in [0.3, 0.4) is 0 Å². The third-order valence-corrected chi connectivity index (χ3v) is 11.5. The van der Waals surface area contributed by atoms with Gasteiger partial charge in [-0.25, -0.2) is 4.79 Å². The smallest absolute Gasteiger partial charge is 0.330 e. The van der Waals surface area contributed by atoms with Crippen LogP contribution in [0.2, 0.25) is 5.04 Å². The van der Waals surface area contributed by atoms with Crippen LogP contribution in [0.15, 0.2) is 83.5 Å². The summed E-state index contributed by atoms with van der Waals surface area (Å²) >= 11 is 0. The number of rotatable bonds is 11. The van der Waals surface area contributed by atoms with E-state index in [1.54, 1.807) is 0 Å². The second-order valence-electron chi connectivity index (χ2n) is 10.2. The largest absolute Gasteiger partial charge is 0.467 e. The number of amides is 2. The maximum atomic E-state index is 13.2. The lowest BCUT2D eigenvalue weighted by Gasteiger charge is -2.43. The van der Waals surface area contributed by atoms with Crippen LogP contribution in [-0.4, -0.2) is 63.1 Å².